The zero-order valence-corrected chi connectivity index (χ0v) is 12.6. The molecular weight excluding hydrogens is 240 g/mol. The molecule has 1 unspecified atom stereocenters. The third-order valence-electron chi connectivity index (χ3n) is 3.57. The van der Waals surface area contributed by atoms with Gasteiger partial charge in [-0.1, -0.05) is 64.7 Å². The van der Waals surface area contributed by atoms with Crippen LogP contribution in [0.2, 0.25) is 0 Å². The van der Waals surface area contributed by atoms with Crippen LogP contribution in [-0.2, 0) is 4.79 Å². The summed E-state index contributed by atoms with van der Waals surface area (Å²) in [6.45, 7) is 2.23. The number of carboxylic acids is 1. The zero-order valence-electron chi connectivity index (χ0n) is 12.6. The number of aliphatic hydroxyl groups excluding tert-OH is 1. The summed E-state index contributed by atoms with van der Waals surface area (Å²) in [5.74, 6) is -0.738. The lowest BCUT2D eigenvalue weighted by Crippen LogP contribution is -2.06. The number of aliphatic carboxylic acids is 1. The van der Waals surface area contributed by atoms with Crippen molar-refractivity contribution in [1.82, 2.24) is 0 Å². The molecule has 0 heterocycles. The molecule has 19 heavy (non-hydrogen) atoms. The molecule has 2 N–H and O–H groups in total. The molecule has 0 aromatic heterocycles. The number of hydrogen-bond acceptors (Lipinski definition) is 2. The molecule has 0 aliphatic heterocycles. The number of rotatable bonds is 14. The molecule has 114 valence electrons. The molecule has 0 amide bonds. The largest absolute Gasteiger partial charge is 0.481 e. The van der Waals surface area contributed by atoms with Crippen LogP contribution in [0.1, 0.15) is 90.4 Å². The van der Waals surface area contributed by atoms with Crippen molar-refractivity contribution in [3.05, 3.63) is 0 Å². The minimum atomic E-state index is -0.738. The Hall–Kier alpha value is -0.570. The van der Waals surface area contributed by atoms with E-state index in [-0.39, 0.29) is 12.5 Å². The molecule has 0 radical (unpaired) electrons. The van der Waals surface area contributed by atoms with Gasteiger partial charge < -0.3 is 10.2 Å². The quantitative estimate of drug-likeness (QED) is 0.457. The first-order valence-corrected chi connectivity index (χ1v) is 8.06. The fourth-order valence-corrected chi connectivity index (χ4v) is 2.31. The van der Waals surface area contributed by atoms with Gasteiger partial charge in [0.2, 0.25) is 0 Å². The van der Waals surface area contributed by atoms with E-state index in [2.05, 4.69) is 6.92 Å². The van der Waals surface area contributed by atoms with Gasteiger partial charge in [-0.3, -0.25) is 4.79 Å². The maximum Gasteiger partial charge on any atom is 0.303 e. The van der Waals surface area contributed by atoms with Gasteiger partial charge in [0.1, 0.15) is 0 Å². The van der Waals surface area contributed by atoms with E-state index >= 15 is 0 Å². The Morgan fingerprint density at radius 1 is 0.842 bits per heavy atom. The van der Waals surface area contributed by atoms with Gasteiger partial charge >= 0.3 is 5.97 Å². The molecule has 0 saturated carbocycles. The SMILES string of the molecule is CCCCCCCCCCC(O)CCCCC(=O)O. The summed E-state index contributed by atoms with van der Waals surface area (Å²) in [7, 11) is 0. The van der Waals surface area contributed by atoms with Gasteiger partial charge in [0.15, 0.2) is 0 Å². The van der Waals surface area contributed by atoms with E-state index in [9.17, 15) is 9.90 Å². The molecule has 0 aromatic rings. The molecule has 3 heteroatoms. The second kappa shape index (κ2) is 13.9. The number of hydrogen-bond donors (Lipinski definition) is 2. The highest BCUT2D eigenvalue weighted by Gasteiger charge is 2.04. The monoisotopic (exact) mass is 272 g/mol. The summed E-state index contributed by atoms with van der Waals surface area (Å²) in [4.78, 5) is 10.3. The van der Waals surface area contributed by atoms with Gasteiger partial charge in [-0.05, 0) is 19.3 Å². The Labute approximate surface area is 118 Å². The first-order chi connectivity index (χ1) is 9.16. The smallest absolute Gasteiger partial charge is 0.303 e. The van der Waals surface area contributed by atoms with Crippen LogP contribution in [0.25, 0.3) is 0 Å². The van der Waals surface area contributed by atoms with Crippen LogP contribution < -0.4 is 0 Å². The van der Waals surface area contributed by atoms with E-state index in [4.69, 9.17) is 5.11 Å². The molecule has 0 rings (SSSR count). The van der Waals surface area contributed by atoms with E-state index in [1.165, 1.54) is 44.9 Å². The highest BCUT2D eigenvalue weighted by atomic mass is 16.4. The Morgan fingerprint density at radius 2 is 1.32 bits per heavy atom. The van der Waals surface area contributed by atoms with Crippen LogP contribution in [0.3, 0.4) is 0 Å². The molecule has 0 aromatic carbocycles. The van der Waals surface area contributed by atoms with Crippen molar-refractivity contribution in [2.24, 2.45) is 0 Å². The molecule has 0 saturated heterocycles. The van der Waals surface area contributed by atoms with Crippen LogP contribution >= 0.6 is 0 Å². The van der Waals surface area contributed by atoms with Crippen LogP contribution in [0.15, 0.2) is 0 Å². The van der Waals surface area contributed by atoms with E-state index in [0.29, 0.717) is 6.42 Å². The average molecular weight is 272 g/mol. The number of unbranched alkanes of at least 4 members (excludes halogenated alkanes) is 8. The van der Waals surface area contributed by atoms with E-state index < -0.39 is 5.97 Å². The van der Waals surface area contributed by atoms with Gasteiger partial charge in [-0.2, -0.15) is 0 Å². The second-order valence-corrected chi connectivity index (χ2v) is 5.56. The molecule has 0 spiro atoms. The average Bonchev–Trinajstić information content (AvgIpc) is 2.37. The predicted molar refractivity (Wildman–Crippen MR) is 79.3 cm³/mol. The van der Waals surface area contributed by atoms with E-state index in [1.807, 2.05) is 0 Å². The Bertz CT molecular complexity index is 204. The normalized spacial score (nSPS) is 12.5. The zero-order chi connectivity index (χ0) is 14.3. The minimum absolute atomic E-state index is 0.227. The van der Waals surface area contributed by atoms with Crippen molar-refractivity contribution in [2.45, 2.75) is 96.5 Å². The van der Waals surface area contributed by atoms with Crippen LogP contribution in [0.5, 0.6) is 0 Å². The maximum atomic E-state index is 10.3. The predicted octanol–water partition coefficient (Wildman–Crippen LogP) is 4.52. The summed E-state index contributed by atoms with van der Waals surface area (Å²) in [5, 5.41) is 18.2. The fraction of sp³-hybridized carbons (Fsp3) is 0.938. The topological polar surface area (TPSA) is 57.5 Å². The van der Waals surface area contributed by atoms with Gasteiger partial charge in [-0.25, -0.2) is 0 Å². The van der Waals surface area contributed by atoms with Crippen molar-refractivity contribution in [3.63, 3.8) is 0 Å². The molecular formula is C16H32O3. The summed E-state index contributed by atoms with van der Waals surface area (Å²) in [6, 6.07) is 0. The van der Waals surface area contributed by atoms with Crippen LogP contribution in [-0.4, -0.2) is 22.3 Å². The highest BCUT2D eigenvalue weighted by Crippen LogP contribution is 2.13. The van der Waals surface area contributed by atoms with Crippen molar-refractivity contribution in [2.75, 3.05) is 0 Å². The van der Waals surface area contributed by atoms with Crippen molar-refractivity contribution in [1.29, 1.82) is 0 Å². The minimum Gasteiger partial charge on any atom is -0.481 e. The lowest BCUT2D eigenvalue weighted by atomic mass is 10.0. The number of carboxylic acid groups (broad SMARTS) is 1. The molecule has 1 atom stereocenters. The number of aliphatic hydroxyl groups is 1. The number of carbonyl (C=O) groups is 1. The van der Waals surface area contributed by atoms with E-state index in [0.717, 1.165) is 25.7 Å². The van der Waals surface area contributed by atoms with Crippen LogP contribution in [0, 0.1) is 0 Å². The molecule has 0 aliphatic rings. The molecule has 0 bridgehead atoms. The molecule has 0 fully saturated rings. The van der Waals surface area contributed by atoms with Crippen molar-refractivity contribution < 1.29 is 15.0 Å². The molecule has 3 nitrogen and oxygen atoms in total. The van der Waals surface area contributed by atoms with Gasteiger partial charge in [0, 0.05) is 6.42 Å². The van der Waals surface area contributed by atoms with Gasteiger partial charge in [0.25, 0.3) is 0 Å². The lowest BCUT2D eigenvalue weighted by molar-refractivity contribution is -0.137. The van der Waals surface area contributed by atoms with Gasteiger partial charge in [-0.15, -0.1) is 0 Å². The summed E-state index contributed by atoms with van der Waals surface area (Å²) in [5.41, 5.74) is 0. The van der Waals surface area contributed by atoms with E-state index in [1.54, 1.807) is 0 Å². The highest BCUT2D eigenvalue weighted by molar-refractivity contribution is 5.66. The molecule has 0 aliphatic carbocycles. The fourth-order valence-electron chi connectivity index (χ4n) is 2.31. The first kappa shape index (κ1) is 18.4. The maximum absolute atomic E-state index is 10.3. The van der Waals surface area contributed by atoms with Gasteiger partial charge in [0.05, 0.1) is 6.10 Å². The van der Waals surface area contributed by atoms with Crippen molar-refractivity contribution >= 4 is 5.97 Å². The third kappa shape index (κ3) is 15.4. The lowest BCUT2D eigenvalue weighted by Gasteiger charge is -2.09. The summed E-state index contributed by atoms with van der Waals surface area (Å²) >= 11 is 0. The third-order valence-corrected chi connectivity index (χ3v) is 3.57. The Balaban J connectivity index is 3.15. The Kier molecular flexibility index (Phi) is 13.4. The summed E-state index contributed by atoms with van der Waals surface area (Å²) < 4.78 is 0. The second-order valence-electron chi connectivity index (χ2n) is 5.56. The summed E-state index contributed by atoms with van der Waals surface area (Å²) in [6.07, 6.45) is 13.5. The first-order valence-electron chi connectivity index (χ1n) is 8.06. The van der Waals surface area contributed by atoms with Crippen LogP contribution in [0.4, 0.5) is 0 Å². The Morgan fingerprint density at radius 3 is 1.84 bits per heavy atom. The standard InChI is InChI=1S/C16H32O3/c1-2-3-4-5-6-7-8-9-12-15(17)13-10-11-14-16(18)19/h15,17H,2-14H2,1H3,(H,18,19). The van der Waals surface area contributed by atoms with Crippen molar-refractivity contribution in [3.8, 4) is 0 Å².